The Hall–Kier alpha value is -2.44. The second kappa shape index (κ2) is 5.26. The van der Waals surface area contributed by atoms with Crippen LogP contribution < -0.4 is 4.74 Å². The van der Waals surface area contributed by atoms with Gasteiger partial charge in [0.15, 0.2) is 13.2 Å². The number of rotatable bonds is 5. The van der Waals surface area contributed by atoms with E-state index < -0.39 is 5.97 Å². The van der Waals surface area contributed by atoms with Crippen molar-refractivity contribution in [1.29, 1.82) is 0 Å². The van der Waals surface area contributed by atoms with Crippen LogP contribution in [0.25, 0.3) is 0 Å². The average molecular weight is 248 g/mol. The van der Waals surface area contributed by atoms with Crippen LogP contribution in [0.4, 0.5) is 0 Å². The lowest BCUT2D eigenvalue weighted by atomic mass is 10.2. The number of aromatic nitrogens is 4. The van der Waals surface area contributed by atoms with Gasteiger partial charge in [0.05, 0.1) is 0 Å². The summed E-state index contributed by atoms with van der Waals surface area (Å²) in [5.74, 6) is 0.0328. The van der Waals surface area contributed by atoms with Crippen LogP contribution in [0.1, 0.15) is 11.4 Å². The largest absolute Gasteiger partial charge is 0.485 e. The monoisotopic (exact) mass is 248 g/mol. The molecule has 0 saturated heterocycles. The van der Waals surface area contributed by atoms with Gasteiger partial charge >= 0.3 is 5.97 Å². The minimum atomic E-state index is -1.02. The minimum absolute atomic E-state index is 0.155. The molecule has 0 aliphatic carbocycles. The molecule has 0 saturated carbocycles. The summed E-state index contributed by atoms with van der Waals surface area (Å²) in [6, 6.07) is 7.56. The van der Waals surface area contributed by atoms with Crippen molar-refractivity contribution in [3.8, 4) is 5.75 Å². The molecular weight excluding hydrogens is 236 g/mol. The van der Waals surface area contributed by atoms with E-state index in [-0.39, 0.29) is 13.2 Å². The molecule has 18 heavy (non-hydrogen) atoms. The Morgan fingerprint density at radius 3 is 2.78 bits per heavy atom. The topological polar surface area (TPSA) is 90.1 Å². The van der Waals surface area contributed by atoms with Crippen molar-refractivity contribution in [2.24, 2.45) is 0 Å². The number of ether oxygens (including phenoxy) is 1. The van der Waals surface area contributed by atoms with Crippen LogP contribution in [0.15, 0.2) is 24.3 Å². The van der Waals surface area contributed by atoms with Gasteiger partial charge in [-0.25, -0.2) is 0 Å². The number of hydrogen-bond donors (Lipinski definition) is 1. The van der Waals surface area contributed by atoms with E-state index in [1.165, 1.54) is 0 Å². The smallest absolute Gasteiger partial charge is 0.327 e. The summed E-state index contributed by atoms with van der Waals surface area (Å²) >= 11 is 0. The van der Waals surface area contributed by atoms with Crippen LogP contribution in [0.3, 0.4) is 0 Å². The van der Waals surface area contributed by atoms with Crippen molar-refractivity contribution < 1.29 is 14.6 Å². The summed E-state index contributed by atoms with van der Waals surface area (Å²) < 4.78 is 5.44. The minimum Gasteiger partial charge on any atom is -0.485 e. The van der Waals surface area contributed by atoms with Crippen molar-refractivity contribution in [2.45, 2.75) is 20.1 Å². The third kappa shape index (κ3) is 3.27. The number of carboxylic acid groups (broad SMARTS) is 1. The Labute approximate surface area is 103 Å². The van der Waals surface area contributed by atoms with Crippen LogP contribution in [0.5, 0.6) is 5.75 Å². The zero-order valence-electron chi connectivity index (χ0n) is 9.78. The molecule has 94 valence electrons. The summed E-state index contributed by atoms with van der Waals surface area (Å²) in [6.45, 7) is 1.84. The summed E-state index contributed by atoms with van der Waals surface area (Å²) in [6.07, 6.45) is 0. The number of nitrogens with zero attached hydrogens (tertiary/aromatic N) is 4. The maximum absolute atomic E-state index is 10.4. The summed E-state index contributed by atoms with van der Waals surface area (Å²) in [7, 11) is 0. The van der Waals surface area contributed by atoms with E-state index in [0.29, 0.717) is 11.6 Å². The summed E-state index contributed by atoms with van der Waals surface area (Å²) in [5, 5.41) is 19.7. The maximum atomic E-state index is 10.4. The highest BCUT2D eigenvalue weighted by molar-refractivity contribution is 5.66. The van der Waals surface area contributed by atoms with Crippen LogP contribution in [-0.4, -0.2) is 31.3 Å². The SMILES string of the molecule is Cc1ccc(OCc2nnn(CC(=O)O)n2)cc1. The highest BCUT2D eigenvalue weighted by Gasteiger charge is 2.06. The Balaban J connectivity index is 1.92. The second-order valence-corrected chi connectivity index (χ2v) is 3.73. The third-order valence-corrected chi connectivity index (χ3v) is 2.16. The number of aliphatic carboxylic acids is 1. The summed E-state index contributed by atoms with van der Waals surface area (Å²) in [5.41, 5.74) is 1.15. The van der Waals surface area contributed by atoms with Gasteiger partial charge in [-0.2, -0.15) is 4.80 Å². The molecule has 1 heterocycles. The van der Waals surface area contributed by atoms with Gasteiger partial charge in [0.1, 0.15) is 5.75 Å². The second-order valence-electron chi connectivity index (χ2n) is 3.73. The molecule has 2 rings (SSSR count). The van der Waals surface area contributed by atoms with Gasteiger partial charge in [-0.1, -0.05) is 17.7 Å². The van der Waals surface area contributed by atoms with Gasteiger partial charge in [-0.3, -0.25) is 4.79 Å². The fraction of sp³-hybridized carbons (Fsp3) is 0.273. The third-order valence-electron chi connectivity index (χ3n) is 2.16. The number of carbonyl (C=O) groups is 1. The molecule has 0 unspecified atom stereocenters. The maximum Gasteiger partial charge on any atom is 0.327 e. The Morgan fingerprint density at radius 2 is 2.11 bits per heavy atom. The molecule has 1 N–H and O–H groups in total. The molecule has 0 fully saturated rings. The van der Waals surface area contributed by atoms with Crippen molar-refractivity contribution >= 4 is 5.97 Å². The predicted octanol–water partition coefficient (Wildman–Crippen LogP) is 0.645. The van der Waals surface area contributed by atoms with E-state index in [9.17, 15) is 4.79 Å². The molecule has 7 nitrogen and oxygen atoms in total. The first kappa shape index (κ1) is 12.0. The Bertz CT molecular complexity index is 535. The average Bonchev–Trinajstić information content (AvgIpc) is 2.75. The zero-order valence-corrected chi connectivity index (χ0v) is 9.78. The lowest BCUT2D eigenvalue weighted by Crippen LogP contribution is -2.12. The van der Waals surface area contributed by atoms with Gasteiger partial charge in [0.25, 0.3) is 0 Å². The normalized spacial score (nSPS) is 10.3. The van der Waals surface area contributed by atoms with Crippen LogP contribution in [0, 0.1) is 6.92 Å². The number of hydrogen-bond acceptors (Lipinski definition) is 5. The van der Waals surface area contributed by atoms with E-state index in [4.69, 9.17) is 9.84 Å². The molecule has 0 bridgehead atoms. The quantitative estimate of drug-likeness (QED) is 0.835. The molecule has 0 radical (unpaired) electrons. The molecular formula is C11H12N4O3. The van der Waals surface area contributed by atoms with Crippen molar-refractivity contribution in [3.63, 3.8) is 0 Å². The van der Waals surface area contributed by atoms with Crippen LogP contribution >= 0.6 is 0 Å². The number of benzene rings is 1. The summed E-state index contributed by atoms with van der Waals surface area (Å²) in [4.78, 5) is 11.4. The zero-order chi connectivity index (χ0) is 13.0. The van der Waals surface area contributed by atoms with E-state index >= 15 is 0 Å². The fourth-order valence-corrected chi connectivity index (χ4v) is 1.30. The Kier molecular flexibility index (Phi) is 3.52. The van der Waals surface area contributed by atoms with E-state index in [2.05, 4.69) is 15.4 Å². The van der Waals surface area contributed by atoms with Gasteiger partial charge in [-0.15, -0.1) is 10.2 Å². The van der Waals surface area contributed by atoms with Crippen molar-refractivity contribution in [1.82, 2.24) is 20.2 Å². The highest BCUT2D eigenvalue weighted by Crippen LogP contribution is 2.12. The first-order valence-electron chi connectivity index (χ1n) is 5.31. The molecule has 0 aliphatic rings. The van der Waals surface area contributed by atoms with Gasteiger partial charge in [0, 0.05) is 0 Å². The molecule has 0 spiro atoms. The van der Waals surface area contributed by atoms with E-state index in [1.54, 1.807) is 0 Å². The first-order valence-corrected chi connectivity index (χ1v) is 5.31. The van der Waals surface area contributed by atoms with Crippen LogP contribution in [0.2, 0.25) is 0 Å². The lowest BCUT2D eigenvalue weighted by molar-refractivity contribution is -0.138. The Morgan fingerprint density at radius 1 is 1.39 bits per heavy atom. The first-order chi connectivity index (χ1) is 8.63. The van der Waals surface area contributed by atoms with Crippen molar-refractivity contribution in [3.05, 3.63) is 35.7 Å². The van der Waals surface area contributed by atoms with Gasteiger partial charge in [-0.05, 0) is 24.3 Å². The standard InChI is InChI=1S/C11H12N4O3/c1-8-2-4-9(5-3-8)18-7-10-12-14-15(13-10)6-11(16)17/h2-5H,6-7H2,1H3,(H,16,17). The molecule has 0 amide bonds. The molecule has 0 atom stereocenters. The molecule has 7 heteroatoms. The molecule has 1 aromatic heterocycles. The van der Waals surface area contributed by atoms with Crippen molar-refractivity contribution in [2.75, 3.05) is 0 Å². The number of tetrazole rings is 1. The fourth-order valence-electron chi connectivity index (χ4n) is 1.30. The van der Waals surface area contributed by atoms with Gasteiger partial charge in [0.2, 0.25) is 5.82 Å². The molecule has 0 aliphatic heterocycles. The van der Waals surface area contributed by atoms with E-state index in [1.807, 2.05) is 31.2 Å². The number of carboxylic acids is 1. The molecule has 2 aromatic rings. The number of aryl methyl sites for hydroxylation is 1. The molecule has 1 aromatic carbocycles. The highest BCUT2D eigenvalue weighted by atomic mass is 16.5. The predicted molar refractivity (Wildman–Crippen MR) is 61.0 cm³/mol. The van der Waals surface area contributed by atoms with Gasteiger partial charge < -0.3 is 9.84 Å². The lowest BCUT2D eigenvalue weighted by Gasteiger charge is -2.02. The van der Waals surface area contributed by atoms with Crippen LogP contribution in [-0.2, 0) is 17.9 Å². The van der Waals surface area contributed by atoms with E-state index in [0.717, 1.165) is 10.4 Å².